The van der Waals surface area contributed by atoms with Crippen LogP contribution in [-0.2, 0) is 11.3 Å². The smallest absolute Gasteiger partial charge is 0.254 e. The zero-order valence-electron chi connectivity index (χ0n) is 17.6. The first-order chi connectivity index (χ1) is 15.0. The number of para-hydroxylation sites is 1. The van der Waals surface area contributed by atoms with Crippen LogP contribution in [0.1, 0.15) is 41.0 Å². The largest absolute Gasteiger partial charge is 0.481 e. The third-order valence-corrected chi connectivity index (χ3v) is 5.61. The minimum Gasteiger partial charge on any atom is -0.481 e. The molecule has 3 aromatic rings. The highest BCUT2D eigenvalue weighted by Gasteiger charge is 2.27. The summed E-state index contributed by atoms with van der Waals surface area (Å²) in [6.07, 6.45) is 2.12. The molecule has 0 unspecified atom stereocenters. The van der Waals surface area contributed by atoms with E-state index in [0.717, 1.165) is 23.7 Å². The fourth-order valence-corrected chi connectivity index (χ4v) is 3.95. The van der Waals surface area contributed by atoms with Crippen molar-refractivity contribution in [2.45, 2.75) is 32.7 Å². The van der Waals surface area contributed by atoms with Crippen LogP contribution in [0.15, 0.2) is 35.0 Å². The highest BCUT2D eigenvalue weighted by atomic mass is 16.6. The summed E-state index contributed by atoms with van der Waals surface area (Å²) in [6.45, 7) is 3.27. The maximum Gasteiger partial charge on any atom is 0.254 e. The number of amides is 2. The van der Waals surface area contributed by atoms with Gasteiger partial charge in [0.1, 0.15) is 11.4 Å². The number of aromatic nitrogens is 3. The molecule has 1 aliphatic rings. The van der Waals surface area contributed by atoms with Gasteiger partial charge in [0, 0.05) is 31.0 Å². The summed E-state index contributed by atoms with van der Waals surface area (Å²) in [6, 6.07) is 9.22. The van der Waals surface area contributed by atoms with Crippen molar-refractivity contribution in [3.8, 4) is 5.88 Å². The Morgan fingerprint density at radius 1 is 1.29 bits per heavy atom. The molecule has 1 atom stereocenters. The van der Waals surface area contributed by atoms with Crippen molar-refractivity contribution in [1.82, 2.24) is 25.5 Å². The lowest BCUT2D eigenvalue weighted by atomic mass is 9.93. The summed E-state index contributed by atoms with van der Waals surface area (Å²) in [5, 5.41) is 11.1. The molecule has 1 saturated heterocycles. The molecule has 2 amide bonds. The van der Waals surface area contributed by atoms with Crippen LogP contribution in [0, 0.1) is 12.8 Å². The topological polar surface area (TPSA) is 110 Å². The van der Waals surface area contributed by atoms with Crippen LogP contribution in [0.25, 0.3) is 10.9 Å². The minimum atomic E-state index is -0.0715. The molecular formula is C22H25N5O4. The number of nitrogens with zero attached hydrogens (tertiary/aromatic N) is 4. The van der Waals surface area contributed by atoms with Crippen molar-refractivity contribution in [2.24, 2.45) is 5.92 Å². The number of methoxy groups -OCH3 is 1. The number of pyridine rings is 1. The van der Waals surface area contributed by atoms with E-state index in [4.69, 9.17) is 4.74 Å². The fourth-order valence-electron chi connectivity index (χ4n) is 3.95. The Morgan fingerprint density at radius 2 is 2.13 bits per heavy atom. The van der Waals surface area contributed by atoms with Crippen molar-refractivity contribution in [2.75, 3.05) is 20.2 Å². The number of nitrogens with one attached hydrogen (secondary N) is 1. The predicted octanol–water partition coefficient (Wildman–Crippen LogP) is 2.49. The first-order valence-electron chi connectivity index (χ1n) is 10.3. The van der Waals surface area contributed by atoms with Gasteiger partial charge in [0.25, 0.3) is 5.91 Å². The monoisotopic (exact) mass is 423 g/mol. The Bertz CT molecular complexity index is 1100. The molecule has 0 aliphatic carbocycles. The molecule has 4 rings (SSSR count). The third-order valence-electron chi connectivity index (χ3n) is 5.61. The van der Waals surface area contributed by atoms with E-state index >= 15 is 0 Å². The number of fused-ring (bicyclic) bond motifs is 1. The lowest BCUT2D eigenvalue weighted by Gasteiger charge is -2.33. The standard InChI is InChI=1S/C22H25N5O4/c1-14-19(26-31-25-14)12-23-20(28)10-15-6-5-9-27(13-15)22(29)17-11-21(30-2)24-18-8-4-3-7-16(17)18/h3-4,7-8,11,15H,5-6,9-10,12-13H2,1-2H3,(H,23,28)/t15-/m1/s1. The summed E-state index contributed by atoms with van der Waals surface area (Å²) < 4.78 is 9.94. The molecule has 31 heavy (non-hydrogen) atoms. The molecular weight excluding hydrogens is 398 g/mol. The fraction of sp³-hybridized carbons (Fsp3) is 0.409. The van der Waals surface area contributed by atoms with Gasteiger partial charge < -0.3 is 15.0 Å². The normalized spacial score (nSPS) is 16.3. The van der Waals surface area contributed by atoms with Gasteiger partial charge in [-0.25, -0.2) is 9.61 Å². The molecule has 0 saturated carbocycles. The Labute approximate surface area is 179 Å². The number of ether oxygens (including phenoxy) is 1. The zero-order valence-corrected chi connectivity index (χ0v) is 17.6. The molecule has 9 nitrogen and oxygen atoms in total. The predicted molar refractivity (Wildman–Crippen MR) is 112 cm³/mol. The molecule has 1 N–H and O–H groups in total. The maximum absolute atomic E-state index is 13.3. The molecule has 1 fully saturated rings. The molecule has 3 heterocycles. The summed E-state index contributed by atoms with van der Waals surface area (Å²) in [7, 11) is 1.54. The Morgan fingerprint density at radius 3 is 2.90 bits per heavy atom. The number of hydrogen-bond acceptors (Lipinski definition) is 7. The summed E-state index contributed by atoms with van der Waals surface area (Å²) in [5.41, 5.74) is 2.57. The molecule has 0 spiro atoms. The van der Waals surface area contributed by atoms with Gasteiger partial charge in [0.15, 0.2) is 0 Å². The van der Waals surface area contributed by atoms with Crippen molar-refractivity contribution < 1.29 is 19.0 Å². The lowest BCUT2D eigenvalue weighted by Crippen LogP contribution is -2.41. The molecule has 2 aromatic heterocycles. The third kappa shape index (κ3) is 4.65. The van der Waals surface area contributed by atoms with E-state index in [1.54, 1.807) is 13.0 Å². The van der Waals surface area contributed by atoms with Crippen molar-refractivity contribution in [1.29, 1.82) is 0 Å². The highest BCUT2D eigenvalue weighted by molar-refractivity contribution is 6.06. The average Bonchev–Trinajstić information content (AvgIpc) is 3.21. The minimum absolute atomic E-state index is 0.0636. The van der Waals surface area contributed by atoms with Gasteiger partial charge in [-0.3, -0.25) is 9.59 Å². The van der Waals surface area contributed by atoms with Crippen LogP contribution in [0.2, 0.25) is 0 Å². The van der Waals surface area contributed by atoms with Crippen LogP contribution in [0.4, 0.5) is 0 Å². The van der Waals surface area contributed by atoms with Crippen LogP contribution in [-0.4, -0.2) is 52.2 Å². The maximum atomic E-state index is 13.3. The Hall–Kier alpha value is -3.49. The first-order valence-corrected chi connectivity index (χ1v) is 10.3. The number of carbonyl (C=O) groups excluding carboxylic acids is 2. The molecule has 162 valence electrons. The summed E-state index contributed by atoms with van der Waals surface area (Å²) >= 11 is 0. The summed E-state index contributed by atoms with van der Waals surface area (Å²) in [4.78, 5) is 32.0. The van der Waals surface area contributed by atoms with Crippen molar-refractivity contribution in [3.63, 3.8) is 0 Å². The Balaban J connectivity index is 1.42. The molecule has 9 heteroatoms. The molecule has 0 radical (unpaired) electrons. The highest BCUT2D eigenvalue weighted by Crippen LogP contribution is 2.26. The van der Waals surface area contributed by atoms with E-state index in [1.165, 1.54) is 7.11 Å². The van der Waals surface area contributed by atoms with E-state index < -0.39 is 0 Å². The van der Waals surface area contributed by atoms with Gasteiger partial charge in [-0.05, 0) is 31.7 Å². The first kappa shape index (κ1) is 20.8. The van der Waals surface area contributed by atoms with E-state index in [-0.39, 0.29) is 24.3 Å². The van der Waals surface area contributed by atoms with Crippen molar-refractivity contribution >= 4 is 22.7 Å². The van der Waals surface area contributed by atoms with Gasteiger partial charge >= 0.3 is 0 Å². The quantitative estimate of drug-likeness (QED) is 0.648. The number of aryl methyl sites for hydroxylation is 1. The number of rotatable bonds is 6. The SMILES string of the molecule is COc1cc(C(=O)N2CCC[C@H](CC(=O)NCc3nonc3C)C2)c2ccccc2n1. The number of hydrogen-bond donors (Lipinski definition) is 1. The lowest BCUT2D eigenvalue weighted by molar-refractivity contribution is -0.122. The summed E-state index contributed by atoms with van der Waals surface area (Å²) in [5.74, 6) is 0.376. The van der Waals surface area contributed by atoms with E-state index in [0.29, 0.717) is 42.3 Å². The number of carbonyl (C=O) groups is 2. The van der Waals surface area contributed by atoms with Crippen LogP contribution >= 0.6 is 0 Å². The number of piperidine rings is 1. The average molecular weight is 423 g/mol. The van der Waals surface area contributed by atoms with Gasteiger partial charge in [-0.15, -0.1) is 0 Å². The van der Waals surface area contributed by atoms with Crippen LogP contribution in [0.3, 0.4) is 0 Å². The van der Waals surface area contributed by atoms with E-state index in [2.05, 4.69) is 25.2 Å². The molecule has 1 aliphatic heterocycles. The van der Waals surface area contributed by atoms with Gasteiger partial charge in [-0.2, -0.15) is 0 Å². The van der Waals surface area contributed by atoms with Crippen LogP contribution < -0.4 is 10.1 Å². The zero-order chi connectivity index (χ0) is 21.8. The second kappa shape index (κ2) is 9.11. The molecule has 0 bridgehead atoms. The molecule has 1 aromatic carbocycles. The second-order valence-electron chi connectivity index (χ2n) is 7.77. The van der Waals surface area contributed by atoms with Crippen LogP contribution in [0.5, 0.6) is 5.88 Å². The van der Waals surface area contributed by atoms with E-state index in [9.17, 15) is 9.59 Å². The van der Waals surface area contributed by atoms with Gasteiger partial charge in [0.05, 0.1) is 24.7 Å². The van der Waals surface area contributed by atoms with E-state index in [1.807, 2.05) is 29.2 Å². The number of likely N-dealkylation sites (tertiary alicyclic amines) is 1. The Kier molecular flexibility index (Phi) is 6.11. The second-order valence-corrected chi connectivity index (χ2v) is 7.77. The van der Waals surface area contributed by atoms with Gasteiger partial charge in [0.2, 0.25) is 11.8 Å². The van der Waals surface area contributed by atoms with Crippen molar-refractivity contribution in [3.05, 3.63) is 47.3 Å². The van der Waals surface area contributed by atoms with Gasteiger partial charge in [-0.1, -0.05) is 28.5 Å². The number of benzene rings is 1.